The standard InChI is InChI=1S/C27H31N5O2S/c1-35-20-7-5-19(6-8-20)22-18-24(32-13-16-33-17-14-32)31-26-21(22)10-12-29-27(26)23(9-11-28)30-25-4-2-3-15-34-25/h5-12,18,25H,2-4,13-17,28H2,1H3. The largest absolute Gasteiger partial charge is 0.405 e. The summed E-state index contributed by atoms with van der Waals surface area (Å²) >= 11 is 1.74. The average molecular weight is 490 g/mol. The van der Waals surface area contributed by atoms with E-state index in [-0.39, 0.29) is 6.23 Å². The van der Waals surface area contributed by atoms with Crippen molar-refractivity contribution in [1.29, 1.82) is 0 Å². The minimum absolute atomic E-state index is 0.187. The monoisotopic (exact) mass is 489 g/mol. The van der Waals surface area contributed by atoms with Crippen LogP contribution in [0.5, 0.6) is 0 Å². The molecule has 2 aliphatic rings. The van der Waals surface area contributed by atoms with Crippen molar-refractivity contribution in [1.82, 2.24) is 9.97 Å². The number of nitrogens with two attached hydrogens (primary N) is 1. The zero-order valence-electron chi connectivity index (χ0n) is 20.0. The Balaban J connectivity index is 1.69. The van der Waals surface area contributed by atoms with E-state index in [9.17, 15) is 0 Å². The van der Waals surface area contributed by atoms with Gasteiger partial charge < -0.3 is 20.1 Å². The van der Waals surface area contributed by atoms with Gasteiger partial charge in [-0.15, -0.1) is 11.8 Å². The molecule has 0 amide bonds. The Hall–Kier alpha value is -2.94. The van der Waals surface area contributed by atoms with E-state index in [0.717, 1.165) is 72.5 Å². The fourth-order valence-corrected chi connectivity index (χ4v) is 4.95. The number of aromatic nitrogens is 2. The summed E-state index contributed by atoms with van der Waals surface area (Å²) in [6, 6.07) is 12.9. The molecule has 1 aromatic carbocycles. The third-order valence-corrected chi connectivity index (χ3v) is 7.13. The molecule has 0 radical (unpaired) electrons. The van der Waals surface area contributed by atoms with Crippen LogP contribution in [0.2, 0.25) is 0 Å². The SMILES string of the molecule is CSc1ccc(-c2cc(N3CCOCC3)nc3c(C(C=CN)=NC4CCCCO4)nccc23)cc1. The lowest BCUT2D eigenvalue weighted by Gasteiger charge is -2.28. The number of morpholine rings is 1. The van der Waals surface area contributed by atoms with Crippen LogP contribution >= 0.6 is 11.8 Å². The van der Waals surface area contributed by atoms with Gasteiger partial charge in [-0.05, 0) is 73.2 Å². The smallest absolute Gasteiger partial charge is 0.149 e. The molecule has 5 rings (SSSR count). The second-order valence-corrected chi connectivity index (χ2v) is 9.49. The Morgan fingerprint density at radius 1 is 1.14 bits per heavy atom. The van der Waals surface area contributed by atoms with Gasteiger partial charge in [0.1, 0.15) is 23.3 Å². The maximum absolute atomic E-state index is 5.89. The molecule has 1 atom stereocenters. The zero-order valence-corrected chi connectivity index (χ0v) is 20.8. The number of thioether (sulfide) groups is 1. The second-order valence-electron chi connectivity index (χ2n) is 8.61. The molecule has 35 heavy (non-hydrogen) atoms. The van der Waals surface area contributed by atoms with Crippen molar-refractivity contribution in [3.8, 4) is 11.1 Å². The third-order valence-electron chi connectivity index (χ3n) is 6.39. The molecule has 4 heterocycles. The predicted octanol–water partition coefficient (Wildman–Crippen LogP) is 4.64. The molecule has 2 aromatic heterocycles. The minimum Gasteiger partial charge on any atom is -0.405 e. The van der Waals surface area contributed by atoms with Crippen LogP contribution in [0.15, 0.2) is 64.8 Å². The number of hydrogen-bond donors (Lipinski definition) is 1. The van der Waals surface area contributed by atoms with Crippen LogP contribution in [0.3, 0.4) is 0 Å². The lowest BCUT2D eigenvalue weighted by molar-refractivity contribution is 0.0224. The molecule has 7 nitrogen and oxygen atoms in total. The van der Waals surface area contributed by atoms with Gasteiger partial charge in [0, 0.05) is 36.2 Å². The Kier molecular flexibility index (Phi) is 7.61. The normalized spacial score (nSPS) is 19.5. The summed E-state index contributed by atoms with van der Waals surface area (Å²) in [5.74, 6) is 0.920. The fraction of sp³-hybridized carbons (Fsp3) is 0.370. The molecule has 8 heteroatoms. The topological polar surface area (TPSA) is 85.9 Å². The Morgan fingerprint density at radius 3 is 2.69 bits per heavy atom. The van der Waals surface area contributed by atoms with Crippen LogP contribution in [-0.2, 0) is 9.47 Å². The first kappa shape index (κ1) is 23.8. The number of aliphatic imine (C=N–C) groups is 1. The molecular formula is C27H31N5O2S. The van der Waals surface area contributed by atoms with Crippen molar-refractivity contribution in [3.05, 3.63) is 60.6 Å². The van der Waals surface area contributed by atoms with E-state index in [0.29, 0.717) is 18.9 Å². The van der Waals surface area contributed by atoms with E-state index in [2.05, 4.69) is 41.5 Å². The highest BCUT2D eigenvalue weighted by atomic mass is 32.2. The highest BCUT2D eigenvalue weighted by Gasteiger charge is 2.20. The van der Waals surface area contributed by atoms with Crippen molar-refractivity contribution < 1.29 is 9.47 Å². The Labute approximate surface area is 210 Å². The highest BCUT2D eigenvalue weighted by molar-refractivity contribution is 7.98. The number of fused-ring (bicyclic) bond motifs is 1. The van der Waals surface area contributed by atoms with Gasteiger partial charge in [-0.3, -0.25) is 9.98 Å². The van der Waals surface area contributed by atoms with Crippen LogP contribution in [0.4, 0.5) is 5.82 Å². The summed E-state index contributed by atoms with van der Waals surface area (Å²) in [5, 5.41) is 1.03. The molecule has 1 unspecified atom stereocenters. The van der Waals surface area contributed by atoms with Crippen LogP contribution < -0.4 is 10.6 Å². The quantitative estimate of drug-likeness (QED) is 0.399. The van der Waals surface area contributed by atoms with E-state index in [4.69, 9.17) is 30.2 Å². The van der Waals surface area contributed by atoms with E-state index >= 15 is 0 Å². The molecule has 3 aromatic rings. The van der Waals surface area contributed by atoms with Gasteiger partial charge in [-0.25, -0.2) is 4.98 Å². The molecule has 0 bridgehead atoms. The van der Waals surface area contributed by atoms with Gasteiger partial charge in [-0.2, -0.15) is 0 Å². The summed E-state index contributed by atoms with van der Waals surface area (Å²) in [6.07, 6.45) is 10.1. The number of pyridine rings is 2. The molecule has 0 saturated carbocycles. The molecular weight excluding hydrogens is 458 g/mol. The summed E-state index contributed by atoms with van der Waals surface area (Å²) in [5.41, 5.74) is 10.3. The van der Waals surface area contributed by atoms with Crippen molar-refractivity contribution in [2.45, 2.75) is 30.4 Å². The lowest BCUT2D eigenvalue weighted by Crippen LogP contribution is -2.36. The first-order chi connectivity index (χ1) is 17.3. The first-order valence-electron chi connectivity index (χ1n) is 12.1. The number of ether oxygens (including phenoxy) is 2. The highest BCUT2D eigenvalue weighted by Crippen LogP contribution is 2.34. The molecule has 2 saturated heterocycles. The summed E-state index contributed by atoms with van der Waals surface area (Å²) in [7, 11) is 0. The number of anilines is 1. The molecule has 0 aliphatic carbocycles. The maximum atomic E-state index is 5.89. The fourth-order valence-electron chi connectivity index (χ4n) is 4.54. The van der Waals surface area contributed by atoms with Crippen molar-refractivity contribution in [3.63, 3.8) is 0 Å². The number of rotatable bonds is 6. The van der Waals surface area contributed by atoms with Gasteiger partial charge in [0.15, 0.2) is 0 Å². The van der Waals surface area contributed by atoms with Crippen molar-refractivity contribution in [2.24, 2.45) is 10.7 Å². The number of hydrogen-bond acceptors (Lipinski definition) is 8. The average Bonchev–Trinajstić information content (AvgIpc) is 2.93. The molecule has 2 fully saturated rings. The van der Waals surface area contributed by atoms with Crippen LogP contribution in [0, 0.1) is 0 Å². The van der Waals surface area contributed by atoms with Crippen LogP contribution in [0.25, 0.3) is 22.0 Å². The molecule has 2 aliphatic heterocycles. The zero-order chi connectivity index (χ0) is 24.0. The van der Waals surface area contributed by atoms with Gasteiger partial charge in [0.25, 0.3) is 0 Å². The summed E-state index contributed by atoms with van der Waals surface area (Å²) < 4.78 is 11.5. The summed E-state index contributed by atoms with van der Waals surface area (Å²) in [4.78, 5) is 18.3. The number of benzene rings is 1. The Morgan fingerprint density at radius 2 is 1.97 bits per heavy atom. The van der Waals surface area contributed by atoms with Gasteiger partial charge in [0.05, 0.1) is 18.9 Å². The number of allylic oxidation sites excluding steroid dienone is 1. The molecule has 2 N–H and O–H groups in total. The van der Waals surface area contributed by atoms with Gasteiger partial charge in [0.2, 0.25) is 0 Å². The van der Waals surface area contributed by atoms with Gasteiger partial charge >= 0.3 is 0 Å². The van der Waals surface area contributed by atoms with Crippen LogP contribution in [0.1, 0.15) is 25.0 Å². The molecule has 182 valence electrons. The van der Waals surface area contributed by atoms with E-state index in [1.807, 2.05) is 12.3 Å². The Bertz CT molecular complexity index is 1220. The van der Waals surface area contributed by atoms with E-state index in [1.165, 1.54) is 11.1 Å². The van der Waals surface area contributed by atoms with E-state index in [1.54, 1.807) is 17.8 Å². The third kappa shape index (κ3) is 5.34. The summed E-state index contributed by atoms with van der Waals surface area (Å²) in [6.45, 7) is 3.72. The maximum Gasteiger partial charge on any atom is 0.149 e. The van der Waals surface area contributed by atoms with Crippen molar-refractivity contribution >= 4 is 34.2 Å². The second kappa shape index (κ2) is 11.2. The van der Waals surface area contributed by atoms with Gasteiger partial charge in [-0.1, -0.05) is 12.1 Å². The number of nitrogens with zero attached hydrogens (tertiary/aromatic N) is 4. The minimum atomic E-state index is -0.187. The first-order valence-corrected chi connectivity index (χ1v) is 13.3. The lowest BCUT2D eigenvalue weighted by atomic mass is 9.99. The molecule has 0 spiro atoms. The van der Waals surface area contributed by atoms with Crippen molar-refractivity contribution in [2.75, 3.05) is 44.1 Å². The van der Waals surface area contributed by atoms with E-state index < -0.39 is 0 Å². The van der Waals surface area contributed by atoms with Crippen LogP contribution in [-0.4, -0.2) is 61.1 Å². The predicted molar refractivity (Wildman–Crippen MR) is 143 cm³/mol.